The van der Waals surface area contributed by atoms with Gasteiger partial charge in [0.1, 0.15) is 19.5 Å². The van der Waals surface area contributed by atoms with Gasteiger partial charge in [0.25, 0.3) is 5.88 Å². The van der Waals surface area contributed by atoms with Crippen LogP contribution in [0.4, 0.5) is 0 Å². The lowest BCUT2D eigenvalue weighted by Crippen LogP contribution is -2.16. The Hall–Kier alpha value is -2.36. The van der Waals surface area contributed by atoms with Gasteiger partial charge in [0, 0.05) is 17.3 Å². The molecule has 90 valence electrons. The number of carbonyl (C=O) groups excluding carboxylic acids is 1. The highest BCUT2D eigenvalue weighted by Gasteiger charge is 2.13. The Morgan fingerprint density at radius 3 is 2.61 bits per heavy atom. The van der Waals surface area contributed by atoms with Crippen molar-refractivity contribution in [2.45, 2.75) is 0 Å². The Bertz CT molecular complexity index is 578. The van der Waals surface area contributed by atoms with Gasteiger partial charge in [-0.1, -0.05) is 24.3 Å². The molecule has 0 saturated carbocycles. The highest BCUT2D eigenvalue weighted by molar-refractivity contribution is 5.77. The quantitative estimate of drug-likeness (QED) is 0.757. The van der Waals surface area contributed by atoms with Crippen molar-refractivity contribution in [2.24, 2.45) is 0 Å². The fourth-order valence-corrected chi connectivity index (χ4v) is 1.85. The Morgan fingerprint density at radius 1 is 1.06 bits per heavy atom. The van der Waals surface area contributed by atoms with Crippen LogP contribution in [-0.2, 0) is 0 Å². The van der Waals surface area contributed by atoms with Crippen molar-refractivity contribution in [1.29, 1.82) is 0 Å². The molecule has 0 aliphatic carbocycles. The molecule has 0 radical (unpaired) electrons. The van der Waals surface area contributed by atoms with Gasteiger partial charge in [-0.2, -0.15) is 0 Å². The van der Waals surface area contributed by atoms with Crippen LogP contribution in [0.25, 0.3) is 11.1 Å². The third-order valence-electron chi connectivity index (χ3n) is 2.78. The van der Waals surface area contributed by atoms with Gasteiger partial charge in [0.15, 0.2) is 5.75 Å². The first-order valence-corrected chi connectivity index (χ1v) is 5.68. The zero-order chi connectivity index (χ0) is 12.4. The van der Waals surface area contributed by atoms with Gasteiger partial charge in [0.2, 0.25) is 0 Å². The number of fused-ring (bicyclic) bond motifs is 1. The average molecular weight is 241 g/mol. The van der Waals surface area contributed by atoms with Crippen LogP contribution in [0.5, 0.6) is 11.6 Å². The summed E-state index contributed by atoms with van der Waals surface area (Å²) in [6, 6.07) is 9.23. The van der Waals surface area contributed by atoms with E-state index in [1.807, 2.05) is 18.2 Å². The lowest BCUT2D eigenvalue weighted by molar-refractivity contribution is 0.112. The fraction of sp³-hybridized carbons (Fsp3) is 0.143. The Balaban J connectivity index is 1.98. The maximum atomic E-state index is 10.6. The van der Waals surface area contributed by atoms with Gasteiger partial charge in [0.05, 0.1) is 0 Å². The summed E-state index contributed by atoms with van der Waals surface area (Å²) < 4.78 is 10.9. The number of benzene rings is 1. The van der Waals surface area contributed by atoms with Gasteiger partial charge < -0.3 is 9.47 Å². The number of aromatic nitrogens is 1. The summed E-state index contributed by atoms with van der Waals surface area (Å²) in [5.41, 5.74) is 2.59. The van der Waals surface area contributed by atoms with Crippen LogP contribution in [-0.4, -0.2) is 24.5 Å². The molecule has 0 unspecified atom stereocenters. The molecule has 4 heteroatoms. The Kier molecular flexibility index (Phi) is 2.68. The van der Waals surface area contributed by atoms with E-state index in [9.17, 15) is 4.79 Å². The van der Waals surface area contributed by atoms with E-state index in [0.717, 1.165) is 17.4 Å². The predicted molar refractivity (Wildman–Crippen MR) is 66.1 cm³/mol. The van der Waals surface area contributed by atoms with Crippen LogP contribution in [0.3, 0.4) is 0 Å². The third kappa shape index (κ3) is 1.93. The van der Waals surface area contributed by atoms with Crippen LogP contribution in [0.1, 0.15) is 10.4 Å². The summed E-state index contributed by atoms with van der Waals surface area (Å²) in [4.78, 5) is 14.8. The van der Waals surface area contributed by atoms with Gasteiger partial charge >= 0.3 is 0 Å². The SMILES string of the molecule is O=Cc1ccc(-c2cnc3c(c2)OCCO3)cc1. The smallest absolute Gasteiger partial charge is 0.257 e. The van der Waals surface area contributed by atoms with E-state index in [0.29, 0.717) is 30.4 Å². The minimum Gasteiger partial charge on any atom is -0.484 e. The number of carbonyl (C=O) groups is 1. The van der Waals surface area contributed by atoms with E-state index in [1.54, 1.807) is 18.3 Å². The number of pyridine rings is 1. The van der Waals surface area contributed by atoms with Crippen LogP contribution in [0, 0.1) is 0 Å². The Morgan fingerprint density at radius 2 is 1.83 bits per heavy atom. The number of rotatable bonds is 2. The number of aldehydes is 1. The van der Waals surface area contributed by atoms with Gasteiger partial charge in [-0.15, -0.1) is 0 Å². The Labute approximate surface area is 104 Å². The van der Waals surface area contributed by atoms with Gasteiger partial charge in [-0.05, 0) is 11.6 Å². The molecule has 1 aliphatic rings. The van der Waals surface area contributed by atoms with Crippen LogP contribution >= 0.6 is 0 Å². The number of nitrogens with zero attached hydrogens (tertiary/aromatic N) is 1. The predicted octanol–water partition coefficient (Wildman–Crippen LogP) is 2.33. The summed E-state index contributed by atoms with van der Waals surface area (Å²) >= 11 is 0. The first-order valence-electron chi connectivity index (χ1n) is 5.68. The monoisotopic (exact) mass is 241 g/mol. The van der Waals surface area contributed by atoms with Crippen molar-refractivity contribution in [3.8, 4) is 22.8 Å². The van der Waals surface area contributed by atoms with E-state index < -0.39 is 0 Å². The molecular weight excluding hydrogens is 230 g/mol. The standard InChI is InChI=1S/C14H11NO3/c16-9-10-1-3-11(4-2-10)12-7-13-14(15-8-12)18-6-5-17-13/h1-4,7-9H,5-6H2. The number of hydrogen-bond acceptors (Lipinski definition) is 4. The molecule has 1 aliphatic heterocycles. The summed E-state index contributed by atoms with van der Waals surface area (Å²) in [6.45, 7) is 1.08. The molecule has 0 saturated heterocycles. The van der Waals surface area contributed by atoms with Gasteiger partial charge in [-0.3, -0.25) is 4.79 Å². The van der Waals surface area contributed by atoms with Crippen molar-refractivity contribution < 1.29 is 14.3 Å². The topological polar surface area (TPSA) is 48.4 Å². The molecule has 0 fully saturated rings. The minimum absolute atomic E-state index is 0.535. The second kappa shape index (κ2) is 4.49. The van der Waals surface area contributed by atoms with E-state index in [1.165, 1.54) is 0 Å². The molecule has 18 heavy (non-hydrogen) atoms. The first kappa shape index (κ1) is 10.8. The van der Waals surface area contributed by atoms with Crippen molar-refractivity contribution in [3.05, 3.63) is 42.1 Å². The molecule has 2 aromatic rings. The highest BCUT2D eigenvalue weighted by atomic mass is 16.6. The maximum Gasteiger partial charge on any atom is 0.257 e. The molecule has 0 atom stereocenters. The normalized spacial score (nSPS) is 13.1. The van der Waals surface area contributed by atoms with E-state index in [2.05, 4.69) is 4.98 Å². The van der Waals surface area contributed by atoms with Gasteiger partial charge in [-0.25, -0.2) is 4.98 Å². The van der Waals surface area contributed by atoms with Crippen molar-refractivity contribution >= 4 is 6.29 Å². The largest absolute Gasteiger partial charge is 0.484 e. The summed E-state index contributed by atoms with van der Waals surface area (Å²) in [6.07, 6.45) is 2.56. The molecular formula is C14H11NO3. The van der Waals surface area contributed by atoms with E-state index in [-0.39, 0.29) is 0 Å². The van der Waals surface area contributed by atoms with E-state index in [4.69, 9.17) is 9.47 Å². The zero-order valence-electron chi connectivity index (χ0n) is 9.63. The molecule has 1 aromatic carbocycles. The molecule has 1 aromatic heterocycles. The summed E-state index contributed by atoms with van der Waals surface area (Å²) in [5.74, 6) is 1.20. The molecule has 2 heterocycles. The van der Waals surface area contributed by atoms with Crippen LogP contribution in [0.2, 0.25) is 0 Å². The second-order valence-corrected chi connectivity index (χ2v) is 3.96. The number of ether oxygens (including phenoxy) is 2. The minimum atomic E-state index is 0.535. The van der Waals surface area contributed by atoms with Crippen molar-refractivity contribution in [3.63, 3.8) is 0 Å². The third-order valence-corrected chi connectivity index (χ3v) is 2.78. The second-order valence-electron chi connectivity index (χ2n) is 3.96. The van der Waals surface area contributed by atoms with Crippen LogP contribution < -0.4 is 9.47 Å². The zero-order valence-corrected chi connectivity index (χ0v) is 9.63. The molecule has 0 spiro atoms. The van der Waals surface area contributed by atoms with Crippen molar-refractivity contribution in [1.82, 2.24) is 4.98 Å². The molecule has 0 bridgehead atoms. The lowest BCUT2D eigenvalue weighted by Gasteiger charge is -2.17. The molecule has 0 amide bonds. The lowest BCUT2D eigenvalue weighted by atomic mass is 10.1. The van der Waals surface area contributed by atoms with E-state index >= 15 is 0 Å². The average Bonchev–Trinajstić information content (AvgIpc) is 2.47. The maximum absolute atomic E-state index is 10.6. The fourth-order valence-electron chi connectivity index (χ4n) is 1.85. The van der Waals surface area contributed by atoms with Crippen LogP contribution in [0.15, 0.2) is 36.5 Å². The molecule has 4 nitrogen and oxygen atoms in total. The van der Waals surface area contributed by atoms with Crippen molar-refractivity contribution in [2.75, 3.05) is 13.2 Å². The molecule has 0 N–H and O–H groups in total. The highest BCUT2D eigenvalue weighted by Crippen LogP contribution is 2.31. The summed E-state index contributed by atoms with van der Waals surface area (Å²) in [7, 11) is 0. The molecule has 3 rings (SSSR count). The first-order chi connectivity index (χ1) is 8.86. The summed E-state index contributed by atoms with van der Waals surface area (Å²) in [5, 5.41) is 0. The number of hydrogen-bond donors (Lipinski definition) is 0.